The minimum Gasteiger partial charge on any atom is -0.496 e. The maximum atomic E-state index is 12.4. The number of carbonyl (C=O) groups is 2. The summed E-state index contributed by atoms with van der Waals surface area (Å²) < 4.78 is 15.5. The Labute approximate surface area is 135 Å². The summed E-state index contributed by atoms with van der Waals surface area (Å²) in [5, 5.41) is 0. The molecule has 0 atom stereocenters. The lowest BCUT2D eigenvalue weighted by molar-refractivity contribution is 0.103. The molecule has 7 nitrogen and oxygen atoms in total. The first kappa shape index (κ1) is 18.3. The van der Waals surface area contributed by atoms with Crippen molar-refractivity contribution < 1.29 is 23.8 Å². The Bertz CT molecular complexity index is 570. The summed E-state index contributed by atoms with van der Waals surface area (Å²) in [6.07, 6.45) is 2.73. The van der Waals surface area contributed by atoms with E-state index in [2.05, 4.69) is 4.74 Å². The highest BCUT2D eigenvalue weighted by molar-refractivity contribution is 6.08. The van der Waals surface area contributed by atoms with Crippen molar-refractivity contribution >= 4 is 11.9 Å². The van der Waals surface area contributed by atoms with Crippen LogP contribution in [-0.2, 0) is 4.74 Å². The molecule has 23 heavy (non-hydrogen) atoms. The van der Waals surface area contributed by atoms with Gasteiger partial charge in [-0.2, -0.15) is 0 Å². The van der Waals surface area contributed by atoms with Gasteiger partial charge in [-0.05, 0) is 12.1 Å². The van der Waals surface area contributed by atoms with Crippen LogP contribution in [0.2, 0.25) is 0 Å². The molecule has 0 aliphatic heterocycles. The van der Waals surface area contributed by atoms with Gasteiger partial charge in [0.15, 0.2) is 5.78 Å². The maximum absolute atomic E-state index is 12.4. The normalized spacial score (nSPS) is 10.4. The predicted octanol–water partition coefficient (Wildman–Crippen LogP) is 1.82. The number of benzene rings is 1. The Balaban J connectivity index is 2.82. The summed E-state index contributed by atoms with van der Waals surface area (Å²) in [5.41, 5.74) is 5.22. The number of ketones is 1. The molecule has 0 unspecified atom stereocenters. The summed E-state index contributed by atoms with van der Waals surface area (Å²) >= 11 is 0. The van der Waals surface area contributed by atoms with Gasteiger partial charge in [-0.25, -0.2) is 4.79 Å². The highest BCUT2D eigenvalue weighted by Gasteiger charge is 2.16. The molecular formula is C16H22N2O5. The zero-order chi connectivity index (χ0) is 17.2. The van der Waals surface area contributed by atoms with Crippen LogP contribution < -0.4 is 15.2 Å². The zero-order valence-electron chi connectivity index (χ0n) is 13.6. The summed E-state index contributed by atoms with van der Waals surface area (Å²) in [6, 6.07) is 5.12. The molecule has 1 aromatic rings. The molecule has 1 rings (SSSR count). The molecule has 7 heteroatoms. The van der Waals surface area contributed by atoms with Crippen LogP contribution in [0.25, 0.3) is 0 Å². The third kappa shape index (κ3) is 6.29. The Hall–Kier alpha value is -2.70. The van der Waals surface area contributed by atoms with Crippen LogP contribution in [0, 0.1) is 0 Å². The minimum atomic E-state index is -0.823. The molecule has 0 heterocycles. The standard InChI is InChI=1S/C16H22N2O5/c1-18(2)9-8-12(19)15-13(21-3)6-4-7-14(15)22-10-5-11-23-16(17)20/h4,6-9H,5,10-11H2,1-3H3,(H2,17,20)/b9-8+. The maximum Gasteiger partial charge on any atom is 0.404 e. The van der Waals surface area contributed by atoms with E-state index in [0.29, 0.717) is 23.5 Å². The van der Waals surface area contributed by atoms with Gasteiger partial charge in [-0.15, -0.1) is 0 Å². The topological polar surface area (TPSA) is 91.1 Å². The molecule has 1 amide bonds. The van der Waals surface area contributed by atoms with Crippen molar-refractivity contribution in [3.8, 4) is 11.5 Å². The van der Waals surface area contributed by atoms with Crippen LogP contribution in [0.5, 0.6) is 11.5 Å². The second-order valence-electron chi connectivity index (χ2n) is 4.85. The molecule has 0 fully saturated rings. The van der Waals surface area contributed by atoms with E-state index in [9.17, 15) is 9.59 Å². The monoisotopic (exact) mass is 322 g/mol. The van der Waals surface area contributed by atoms with Gasteiger partial charge in [0.05, 0.1) is 20.3 Å². The van der Waals surface area contributed by atoms with E-state index in [-0.39, 0.29) is 19.0 Å². The van der Waals surface area contributed by atoms with Crippen LogP contribution >= 0.6 is 0 Å². The van der Waals surface area contributed by atoms with Crippen molar-refractivity contribution in [1.29, 1.82) is 0 Å². The predicted molar refractivity (Wildman–Crippen MR) is 85.8 cm³/mol. The number of ether oxygens (including phenoxy) is 3. The number of hydrogen-bond donors (Lipinski definition) is 1. The summed E-state index contributed by atoms with van der Waals surface area (Å²) in [7, 11) is 5.14. The fourth-order valence-electron chi connectivity index (χ4n) is 1.76. The second-order valence-corrected chi connectivity index (χ2v) is 4.85. The molecule has 126 valence electrons. The first-order valence-electron chi connectivity index (χ1n) is 7.06. The van der Waals surface area contributed by atoms with Crippen LogP contribution in [0.4, 0.5) is 4.79 Å². The zero-order valence-corrected chi connectivity index (χ0v) is 13.6. The van der Waals surface area contributed by atoms with Gasteiger partial charge in [0.25, 0.3) is 0 Å². The van der Waals surface area contributed by atoms with Crippen molar-refractivity contribution in [3.63, 3.8) is 0 Å². The number of hydrogen-bond acceptors (Lipinski definition) is 6. The van der Waals surface area contributed by atoms with Gasteiger partial charge in [-0.3, -0.25) is 4.79 Å². The average molecular weight is 322 g/mol. The molecule has 1 aromatic carbocycles. The number of methoxy groups -OCH3 is 1. The molecule has 0 aliphatic carbocycles. The highest BCUT2D eigenvalue weighted by atomic mass is 16.5. The number of carbonyl (C=O) groups excluding carboxylic acids is 2. The van der Waals surface area contributed by atoms with E-state index in [4.69, 9.17) is 15.2 Å². The summed E-state index contributed by atoms with van der Waals surface area (Å²) in [5.74, 6) is 0.626. The first-order valence-corrected chi connectivity index (χ1v) is 7.06. The first-order chi connectivity index (χ1) is 11.0. The van der Waals surface area contributed by atoms with Gasteiger partial charge in [-0.1, -0.05) is 6.07 Å². The second kappa shape index (κ2) is 9.34. The molecule has 0 radical (unpaired) electrons. The SMILES string of the molecule is COc1cccc(OCCCOC(N)=O)c1C(=O)/C=C/N(C)C. The largest absolute Gasteiger partial charge is 0.496 e. The highest BCUT2D eigenvalue weighted by Crippen LogP contribution is 2.29. The van der Waals surface area contributed by atoms with E-state index in [1.807, 2.05) is 14.1 Å². The quantitative estimate of drug-likeness (QED) is 0.423. The van der Waals surface area contributed by atoms with Gasteiger partial charge in [0.1, 0.15) is 17.1 Å². The number of amides is 1. The summed E-state index contributed by atoms with van der Waals surface area (Å²) in [4.78, 5) is 24.6. The number of nitrogens with two attached hydrogens (primary N) is 1. The molecule has 0 aromatic heterocycles. The fourth-order valence-corrected chi connectivity index (χ4v) is 1.76. The van der Waals surface area contributed by atoms with Gasteiger partial charge < -0.3 is 24.8 Å². The van der Waals surface area contributed by atoms with E-state index in [1.165, 1.54) is 13.2 Å². The summed E-state index contributed by atoms with van der Waals surface area (Å²) in [6.45, 7) is 0.432. The van der Waals surface area contributed by atoms with E-state index in [0.717, 1.165) is 0 Å². The Morgan fingerprint density at radius 3 is 2.52 bits per heavy atom. The number of primary amides is 1. The van der Waals surface area contributed by atoms with Crippen LogP contribution in [0.15, 0.2) is 30.5 Å². The van der Waals surface area contributed by atoms with Gasteiger partial charge >= 0.3 is 6.09 Å². The Morgan fingerprint density at radius 1 is 1.22 bits per heavy atom. The number of allylic oxidation sites excluding steroid dienone is 1. The van der Waals surface area contributed by atoms with Crippen LogP contribution in [-0.4, -0.2) is 51.2 Å². The molecule has 0 spiro atoms. The van der Waals surface area contributed by atoms with Crippen molar-refractivity contribution in [2.24, 2.45) is 5.73 Å². The molecule has 0 saturated heterocycles. The van der Waals surface area contributed by atoms with Crippen molar-refractivity contribution in [1.82, 2.24) is 4.90 Å². The Morgan fingerprint density at radius 2 is 1.91 bits per heavy atom. The van der Waals surface area contributed by atoms with Crippen LogP contribution in [0.1, 0.15) is 16.8 Å². The number of nitrogens with zero attached hydrogens (tertiary/aromatic N) is 1. The van der Waals surface area contributed by atoms with E-state index in [1.54, 1.807) is 29.3 Å². The van der Waals surface area contributed by atoms with Crippen molar-refractivity contribution in [2.45, 2.75) is 6.42 Å². The van der Waals surface area contributed by atoms with Gasteiger partial charge in [0, 0.05) is 32.8 Å². The third-order valence-corrected chi connectivity index (χ3v) is 2.77. The minimum absolute atomic E-state index is 0.156. The number of rotatable bonds is 9. The van der Waals surface area contributed by atoms with E-state index < -0.39 is 6.09 Å². The lowest BCUT2D eigenvalue weighted by Crippen LogP contribution is -2.15. The lowest BCUT2D eigenvalue weighted by Gasteiger charge is -2.13. The smallest absolute Gasteiger partial charge is 0.404 e. The molecule has 0 aliphatic rings. The molecule has 0 saturated carbocycles. The third-order valence-electron chi connectivity index (χ3n) is 2.77. The fraction of sp³-hybridized carbons (Fsp3) is 0.375. The average Bonchev–Trinajstić information content (AvgIpc) is 2.51. The Kier molecular flexibility index (Phi) is 7.45. The molecular weight excluding hydrogens is 300 g/mol. The van der Waals surface area contributed by atoms with Crippen molar-refractivity contribution in [3.05, 3.63) is 36.0 Å². The van der Waals surface area contributed by atoms with Crippen LogP contribution in [0.3, 0.4) is 0 Å². The van der Waals surface area contributed by atoms with E-state index >= 15 is 0 Å². The lowest BCUT2D eigenvalue weighted by atomic mass is 10.1. The van der Waals surface area contributed by atoms with Crippen molar-refractivity contribution in [2.75, 3.05) is 34.4 Å². The molecule has 2 N–H and O–H groups in total. The molecule has 0 bridgehead atoms. The van der Waals surface area contributed by atoms with Gasteiger partial charge in [0.2, 0.25) is 0 Å².